The smallest absolute Gasteiger partial charge is 0.103 e. The number of hydrogen-bond donors (Lipinski definition) is 1. The van der Waals surface area contributed by atoms with Crippen LogP contribution in [0.3, 0.4) is 0 Å². The first-order chi connectivity index (χ1) is 13.5. The fourth-order valence-corrected chi connectivity index (χ4v) is 4.27. The zero-order valence-electron chi connectivity index (χ0n) is 14.3. The van der Waals surface area contributed by atoms with Gasteiger partial charge in [-0.1, -0.05) is 76.9 Å². The van der Waals surface area contributed by atoms with E-state index in [0.29, 0.717) is 32.1 Å². The van der Waals surface area contributed by atoms with Crippen LogP contribution in [0.15, 0.2) is 64.4 Å². The molecule has 0 bridgehead atoms. The van der Waals surface area contributed by atoms with E-state index in [-0.39, 0.29) is 16.1 Å². The Morgan fingerprint density at radius 2 is 1.57 bits per heavy atom. The van der Waals surface area contributed by atoms with Gasteiger partial charge in [0.15, 0.2) is 0 Å². The Hall–Kier alpha value is -2.34. The number of benzene rings is 3. The molecule has 3 rings (SSSR count). The first-order valence-corrected chi connectivity index (χ1v) is 10.1. The summed E-state index contributed by atoms with van der Waals surface area (Å²) < 4.78 is 0. The van der Waals surface area contributed by atoms with E-state index in [0.717, 1.165) is 5.56 Å². The lowest BCUT2D eigenvalue weighted by atomic mass is 10.1. The van der Waals surface area contributed by atoms with Gasteiger partial charge in [0.25, 0.3) is 0 Å². The van der Waals surface area contributed by atoms with Gasteiger partial charge in [-0.3, -0.25) is 0 Å². The predicted molar refractivity (Wildman–Crippen MR) is 115 cm³/mol. The van der Waals surface area contributed by atoms with Crippen LogP contribution in [-0.2, 0) is 6.54 Å². The van der Waals surface area contributed by atoms with Gasteiger partial charge in [-0.2, -0.15) is 10.5 Å². The van der Waals surface area contributed by atoms with Crippen molar-refractivity contribution in [3.63, 3.8) is 0 Å². The summed E-state index contributed by atoms with van der Waals surface area (Å²) in [6.45, 7) is 0.504. The summed E-state index contributed by atoms with van der Waals surface area (Å²) in [7, 11) is 0. The van der Waals surface area contributed by atoms with Crippen molar-refractivity contribution >= 4 is 52.3 Å². The van der Waals surface area contributed by atoms with Gasteiger partial charge in [0.1, 0.15) is 12.1 Å². The molecule has 0 radical (unpaired) electrons. The van der Waals surface area contributed by atoms with Gasteiger partial charge in [-0.05, 0) is 29.8 Å². The lowest BCUT2D eigenvalue weighted by Gasteiger charge is -2.14. The zero-order chi connectivity index (χ0) is 20.1. The monoisotopic (exact) mass is 443 g/mol. The molecule has 0 amide bonds. The molecule has 0 atom stereocenters. The summed E-state index contributed by atoms with van der Waals surface area (Å²) in [5, 5.41) is 23.6. The molecule has 0 saturated carbocycles. The second kappa shape index (κ2) is 9.24. The van der Waals surface area contributed by atoms with Gasteiger partial charge in [0.2, 0.25) is 0 Å². The van der Waals surface area contributed by atoms with Crippen LogP contribution in [0, 0.1) is 22.7 Å². The highest BCUT2D eigenvalue weighted by Crippen LogP contribution is 2.42. The minimum absolute atomic E-state index is 0.128. The van der Waals surface area contributed by atoms with Crippen molar-refractivity contribution in [3.8, 4) is 12.1 Å². The number of halogens is 3. The number of nitrogens with zero attached hydrogens (tertiary/aromatic N) is 2. The predicted octanol–water partition coefficient (Wildman–Crippen LogP) is 7.15. The molecule has 0 spiro atoms. The molecule has 0 aliphatic carbocycles. The molecule has 0 aliphatic heterocycles. The van der Waals surface area contributed by atoms with Gasteiger partial charge in [-0.15, -0.1) is 0 Å². The minimum atomic E-state index is 0.128. The standard InChI is InChI=1S/C21H12Cl3N3S/c22-14-6-7-17(23)19(8-14)28-20-9-18(15(10-25)16(11-26)21(20)24)27-12-13-4-2-1-3-5-13/h1-9,27H,12H2. The van der Waals surface area contributed by atoms with Crippen LogP contribution in [0.5, 0.6) is 0 Å². The molecule has 3 aromatic carbocycles. The third-order valence-electron chi connectivity index (χ3n) is 3.89. The highest BCUT2D eigenvalue weighted by atomic mass is 35.5. The number of hydrogen-bond acceptors (Lipinski definition) is 4. The van der Waals surface area contributed by atoms with E-state index in [1.165, 1.54) is 11.8 Å². The quantitative estimate of drug-likeness (QED) is 0.454. The van der Waals surface area contributed by atoms with E-state index < -0.39 is 0 Å². The highest BCUT2D eigenvalue weighted by molar-refractivity contribution is 7.99. The SMILES string of the molecule is N#Cc1c(NCc2ccccc2)cc(Sc2cc(Cl)ccc2Cl)c(Cl)c1C#N. The number of anilines is 1. The Kier molecular flexibility index (Phi) is 6.73. The molecule has 3 aromatic rings. The third kappa shape index (κ3) is 4.55. The van der Waals surface area contributed by atoms with Crippen LogP contribution in [-0.4, -0.2) is 0 Å². The van der Waals surface area contributed by atoms with Crippen molar-refractivity contribution < 1.29 is 0 Å². The van der Waals surface area contributed by atoms with E-state index >= 15 is 0 Å². The van der Waals surface area contributed by atoms with E-state index in [2.05, 4.69) is 11.4 Å². The summed E-state index contributed by atoms with van der Waals surface area (Å²) in [4.78, 5) is 1.32. The summed E-state index contributed by atoms with van der Waals surface area (Å²) in [5.41, 5.74) is 1.92. The Labute approximate surface area is 182 Å². The topological polar surface area (TPSA) is 59.6 Å². The molecule has 28 heavy (non-hydrogen) atoms. The summed E-state index contributed by atoms with van der Waals surface area (Å²) in [6.07, 6.45) is 0. The van der Waals surface area contributed by atoms with Crippen molar-refractivity contribution in [3.05, 3.63) is 86.4 Å². The Bertz CT molecular complexity index is 1100. The molecule has 0 aliphatic rings. The third-order valence-corrected chi connectivity index (χ3v) is 6.17. The van der Waals surface area contributed by atoms with Gasteiger partial charge < -0.3 is 5.32 Å². The normalized spacial score (nSPS) is 10.2. The first kappa shape index (κ1) is 20.4. The number of nitrogens with one attached hydrogen (secondary N) is 1. The molecule has 0 heterocycles. The number of rotatable bonds is 5. The van der Waals surface area contributed by atoms with Crippen molar-refractivity contribution in [1.82, 2.24) is 0 Å². The van der Waals surface area contributed by atoms with Crippen LogP contribution in [0.2, 0.25) is 15.1 Å². The van der Waals surface area contributed by atoms with E-state index in [4.69, 9.17) is 34.8 Å². The van der Waals surface area contributed by atoms with E-state index in [1.54, 1.807) is 24.3 Å². The van der Waals surface area contributed by atoms with Crippen molar-refractivity contribution in [1.29, 1.82) is 10.5 Å². The largest absolute Gasteiger partial charge is 0.380 e. The lowest BCUT2D eigenvalue weighted by molar-refractivity contribution is 1.14. The fourth-order valence-electron chi connectivity index (χ4n) is 2.54. The molecular formula is C21H12Cl3N3S. The zero-order valence-corrected chi connectivity index (χ0v) is 17.4. The average molecular weight is 445 g/mol. The molecule has 0 unspecified atom stereocenters. The summed E-state index contributed by atoms with van der Waals surface area (Å²) >= 11 is 20.0. The molecule has 7 heteroatoms. The highest BCUT2D eigenvalue weighted by Gasteiger charge is 2.18. The summed E-state index contributed by atoms with van der Waals surface area (Å²) in [6, 6.07) is 20.8. The van der Waals surface area contributed by atoms with Gasteiger partial charge >= 0.3 is 0 Å². The average Bonchev–Trinajstić information content (AvgIpc) is 2.71. The van der Waals surface area contributed by atoms with Gasteiger partial charge in [0, 0.05) is 21.4 Å². The van der Waals surface area contributed by atoms with Crippen LogP contribution < -0.4 is 5.32 Å². The maximum atomic E-state index is 9.57. The molecular weight excluding hydrogens is 433 g/mol. The second-order valence-electron chi connectivity index (χ2n) is 5.73. The first-order valence-electron chi connectivity index (χ1n) is 8.11. The van der Waals surface area contributed by atoms with Crippen LogP contribution in [0.1, 0.15) is 16.7 Å². The Morgan fingerprint density at radius 1 is 0.857 bits per heavy atom. The van der Waals surface area contributed by atoms with Crippen LogP contribution in [0.25, 0.3) is 0 Å². The molecule has 0 fully saturated rings. The Morgan fingerprint density at radius 3 is 2.25 bits per heavy atom. The van der Waals surface area contributed by atoms with Crippen molar-refractivity contribution in [2.45, 2.75) is 16.3 Å². The Balaban J connectivity index is 2.02. The summed E-state index contributed by atoms with van der Waals surface area (Å²) in [5.74, 6) is 0. The fraction of sp³-hybridized carbons (Fsp3) is 0.0476. The second-order valence-corrected chi connectivity index (χ2v) is 8.03. The minimum Gasteiger partial charge on any atom is -0.380 e. The van der Waals surface area contributed by atoms with Crippen molar-refractivity contribution in [2.24, 2.45) is 0 Å². The van der Waals surface area contributed by atoms with Crippen molar-refractivity contribution in [2.75, 3.05) is 5.32 Å². The lowest BCUT2D eigenvalue weighted by Crippen LogP contribution is -2.03. The van der Waals surface area contributed by atoms with Gasteiger partial charge in [-0.25, -0.2) is 0 Å². The van der Waals surface area contributed by atoms with Crippen LogP contribution in [0.4, 0.5) is 5.69 Å². The number of nitriles is 2. The molecule has 1 N–H and O–H groups in total. The maximum absolute atomic E-state index is 9.57. The molecule has 0 saturated heterocycles. The molecule has 138 valence electrons. The van der Waals surface area contributed by atoms with Crippen LogP contribution >= 0.6 is 46.6 Å². The maximum Gasteiger partial charge on any atom is 0.103 e. The van der Waals surface area contributed by atoms with E-state index in [1.807, 2.05) is 36.4 Å². The molecule has 3 nitrogen and oxygen atoms in total. The van der Waals surface area contributed by atoms with E-state index in [9.17, 15) is 10.5 Å². The molecule has 0 aromatic heterocycles. The van der Waals surface area contributed by atoms with Gasteiger partial charge in [0.05, 0.1) is 26.9 Å².